The summed E-state index contributed by atoms with van der Waals surface area (Å²) in [6.45, 7) is 1.91. The molecule has 2 aromatic carbocycles. The highest BCUT2D eigenvalue weighted by Gasteiger charge is 2.11. The van der Waals surface area contributed by atoms with E-state index in [9.17, 15) is 9.50 Å². The van der Waals surface area contributed by atoms with Gasteiger partial charge in [-0.3, -0.25) is 0 Å². The molecule has 20 heavy (non-hydrogen) atoms. The van der Waals surface area contributed by atoms with Gasteiger partial charge in [-0.25, -0.2) is 4.39 Å². The predicted molar refractivity (Wildman–Crippen MR) is 77.8 cm³/mol. The van der Waals surface area contributed by atoms with Gasteiger partial charge in [-0.1, -0.05) is 23.7 Å². The molecule has 0 aliphatic rings. The van der Waals surface area contributed by atoms with Crippen molar-refractivity contribution in [1.29, 1.82) is 0 Å². The van der Waals surface area contributed by atoms with Crippen LogP contribution in [0.4, 0.5) is 4.39 Å². The molecule has 0 aliphatic carbocycles. The summed E-state index contributed by atoms with van der Waals surface area (Å²) in [6.07, 6.45) is -0.361. The van der Waals surface area contributed by atoms with Crippen LogP contribution in [-0.2, 0) is 6.42 Å². The van der Waals surface area contributed by atoms with Crippen molar-refractivity contribution >= 4 is 11.6 Å². The van der Waals surface area contributed by atoms with Gasteiger partial charge < -0.3 is 9.84 Å². The van der Waals surface area contributed by atoms with Gasteiger partial charge in [0.2, 0.25) is 0 Å². The van der Waals surface area contributed by atoms with Crippen LogP contribution >= 0.6 is 11.6 Å². The van der Waals surface area contributed by atoms with E-state index in [1.807, 2.05) is 25.1 Å². The number of benzene rings is 2. The Balaban J connectivity index is 2.17. The normalized spacial score (nSPS) is 12.2. The number of aryl methyl sites for hydroxylation is 1. The minimum absolute atomic E-state index is 0.0866. The van der Waals surface area contributed by atoms with Crippen molar-refractivity contribution in [2.24, 2.45) is 0 Å². The minimum Gasteiger partial charge on any atom is -0.496 e. The molecule has 0 bridgehead atoms. The zero-order valence-electron chi connectivity index (χ0n) is 11.4. The number of aliphatic hydroxyl groups is 1. The van der Waals surface area contributed by atoms with Crippen LogP contribution in [0.3, 0.4) is 0 Å². The van der Waals surface area contributed by atoms with Crippen LogP contribution in [-0.4, -0.2) is 12.2 Å². The molecule has 1 atom stereocenters. The van der Waals surface area contributed by atoms with Crippen molar-refractivity contribution in [3.63, 3.8) is 0 Å². The number of halogens is 2. The average molecular weight is 295 g/mol. The second kappa shape index (κ2) is 6.25. The van der Waals surface area contributed by atoms with Crippen LogP contribution in [0.5, 0.6) is 5.75 Å². The van der Waals surface area contributed by atoms with E-state index in [0.717, 1.165) is 16.9 Å². The number of ether oxygens (including phenoxy) is 1. The molecule has 1 N–H and O–H groups in total. The lowest BCUT2D eigenvalue weighted by molar-refractivity contribution is 0.178. The minimum atomic E-state index is -0.694. The van der Waals surface area contributed by atoms with Gasteiger partial charge in [0.05, 0.1) is 18.2 Å². The van der Waals surface area contributed by atoms with E-state index in [1.54, 1.807) is 13.2 Å². The van der Waals surface area contributed by atoms with Crippen molar-refractivity contribution in [2.75, 3.05) is 7.11 Å². The zero-order chi connectivity index (χ0) is 14.7. The number of hydrogen-bond donors (Lipinski definition) is 1. The quantitative estimate of drug-likeness (QED) is 0.921. The number of aliphatic hydroxyl groups excluding tert-OH is 1. The summed E-state index contributed by atoms with van der Waals surface area (Å²) in [7, 11) is 1.61. The van der Waals surface area contributed by atoms with E-state index in [1.165, 1.54) is 12.1 Å². The third-order valence-corrected chi connectivity index (χ3v) is 3.52. The Morgan fingerprint density at radius 1 is 1.25 bits per heavy atom. The molecule has 0 radical (unpaired) electrons. The van der Waals surface area contributed by atoms with Crippen molar-refractivity contribution in [2.45, 2.75) is 19.4 Å². The molecule has 2 nitrogen and oxygen atoms in total. The molecule has 0 heterocycles. The maximum atomic E-state index is 13.4. The van der Waals surface area contributed by atoms with Gasteiger partial charge in [-0.15, -0.1) is 0 Å². The summed E-state index contributed by atoms with van der Waals surface area (Å²) >= 11 is 5.64. The molecular weight excluding hydrogens is 279 g/mol. The van der Waals surface area contributed by atoms with Gasteiger partial charge in [-0.2, -0.15) is 0 Å². The van der Waals surface area contributed by atoms with Crippen LogP contribution < -0.4 is 4.74 Å². The smallest absolute Gasteiger partial charge is 0.142 e. The van der Waals surface area contributed by atoms with Crippen LogP contribution in [0.2, 0.25) is 5.02 Å². The molecule has 2 aromatic rings. The standard InChI is InChI=1S/C16H16ClFO2/c1-10-7-12(4-6-16(10)20-2)15(19)9-11-3-5-13(17)14(18)8-11/h3-8,15,19H,9H2,1-2H3. The zero-order valence-corrected chi connectivity index (χ0v) is 12.1. The summed E-state index contributed by atoms with van der Waals surface area (Å²) < 4.78 is 18.5. The molecule has 2 rings (SSSR count). The van der Waals surface area contributed by atoms with E-state index in [4.69, 9.17) is 16.3 Å². The molecular formula is C16H16ClFO2. The van der Waals surface area contributed by atoms with Crippen molar-refractivity contribution in [3.8, 4) is 5.75 Å². The Morgan fingerprint density at radius 3 is 2.60 bits per heavy atom. The number of hydrogen-bond acceptors (Lipinski definition) is 2. The van der Waals surface area contributed by atoms with Crippen molar-refractivity contribution in [3.05, 3.63) is 63.9 Å². The van der Waals surface area contributed by atoms with E-state index in [2.05, 4.69) is 0 Å². The number of methoxy groups -OCH3 is 1. The molecule has 0 amide bonds. The molecule has 0 aliphatic heterocycles. The van der Waals surface area contributed by atoms with E-state index in [0.29, 0.717) is 12.0 Å². The topological polar surface area (TPSA) is 29.5 Å². The van der Waals surface area contributed by atoms with Gasteiger partial charge in [0.25, 0.3) is 0 Å². The fourth-order valence-corrected chi connectivity index (χ4v) is 2.23. The third kappa shape index (κ3) is 3.30. The first-order valence-electron chi connectivity index (χ1n) is 6.28. The van der Waals surface area contributed by atoms with Crippen LogP contribution in [0, 0.1) is 12.7 Å². The molecule has 1 unspecified atom stereocenters. The first kappa shape index (κ1) is 14.8. The molecule has 0 saturated carbocycles. The van der Waals surface area contributed by atoms with E-state index < -0.39 is 11.9 Å². The molecule has 0 saturated heterocycles. The monoisotopic (exact) mass is 294 g/mol. The van der Waals surface area contributed by atoms with Gasteiger partial charge in [0.1, 0.15) is 11.6 Å². The van der Waals surface area contributed by atoms with Gasteiger partial charge in [0, 0.05) is 6.42 Å². The lowest BCUT2D eigenvalue weighted by Crippen LogP contribution is -2.03. The van der Waals surface area contributed by atoms with Crippen LogP contribution in [0.25, 0.3) is 0 Å². The first-order valence-corrected chi connectivity index (χ1v) is 6.65. The molecule has 0 aromatic heterocycles. The summed E-state index contributed by atoms with van der Waals surface area (Å²) in [6, 6.07) is 10.1. The summed E-state index contributed by atoms with van der Waals surface area (Å²) in [5.74, 6) is 0.306. The lowest BCUT2D eigenvalue weighted by atomic mass is 9.99. The second-order valence-corrected chi connectivity index (χ2v) is 5.10. The van der Waals surface area contributed by atoms with Crippen molar-refractivity contribution < 1.29 is 14.2 Å². The maximum absolute atomic E-state index is 13.4. The molecule has 4 heteroatoms. The summed E-state index contributed by atoms with van der Waals surface area (Å²) in [5.41, 5.74) is 2.43. The maximum Gasteiger partial charge on any atom is 0.142 e. The highest BCUT2D eigenvalue weighted by molar-refractivity contribution is 6.30. The van der Waals surface area contributed by atoms with Gasteiger partial charge in [0.15, 0.2) is 0 Å². The van der Waals surface area contributed by atoms with Gasteiger partial charge >= 0.3 is 0 Å². The summed E-state index contributed by atoms with van der Waals surface area (Å²) in [4.78, 5) is 0. The number of rotatable bonds is 4. The van der Waals surface area contributed by atoms with E-state index in [-0.39, 0.29) is 5.02 Å². The third-order valence-electron chi connectivity index (χ3n) is 3.22. The fraction of sp³-hybridized carbons (Fsp3) is 0.250. The second-order valence-electron chi connectivity index (χ2n) is 4.70. The Labute approximate surface area is 122 Å². The highest BCUT2D eigenvalue weighted by atomic mass is 35.5. The molecule has 0 spiro atoms. The fourth-order valence-electron chi connectivity index (χ4n) is 2.12. The highest BCUT2D eigenvalue weighted by Crippen LogP contribution is 2.25. The van der Waals surface area contributed by atoms with Crippen LogP contribution in [0.1, 0.15) is 22.8 Å². The summed E-state index contributed by atoms with van der Waals surface area (Å²) in [5, 5.41) is 10.3. The Kier molecular flexibility index (Phi) is 4.63. The van der Waals surface area contributed by atoms with Crippen molar-refractivity contribution in [1.82, 2.24) is 0 Å². The lowest BCUT2D eigenvalue weighted by Gasteiger charge is -2.13. The predicted octanol–water partition coefficient (Wildman–Crippen LogP) is 4.07. The van der Waals surface area contributed by atoms with Crippen LogP contribution in [0.15, 0.2) is 36.4 Å². The Bertz CT molecular complexity index is 613. The van der Waals surface area contributed by atoms with Gasteiger partial charge in [-0.05, 0) is 47.9 Å². The Hall–Kier alpha value is -1.58. The SMILES string of the molecule is COc1ccc(C(O)Cc2ccc(Cl)c(F)c2)cc1C. The molecule has 106 valence electrons. The van der Waals surface area contributed by atoms with E-state index >= 15 is 0 Å². The average Bonchev–Trinajstić information content (AvgIpc) is 2.42. The molecule has 0 fully saturated rings. The Morgan fingerprint density at radius 2 is 2.00 bits per heavy atom. The first-order chi connectivity index (χ1) is 9.51. The largest absolute Gasteiger partial charge is 0.496 e.